The fourth-order valence-corrected chi connectivity index (χ4v) is 5.42. The summed E-state index contributed by atoms with van der Waals surface area (Å²) < 4.78 is 9.42. The van der Waals surface area contributed by atoms with E-state index in [4.69, 9.17) is 19.8 Å². The smallest absolute Gasteiger partial charge is 0.251 e. The zero-order valence-corrected chi connectivity index (χ0v) is 23.1. The van der Waals surface area contributed by atoms with Crippen molar-refractivity contribution in [1.29, 1.82) is 0 Å². The highest BCUT2D eigenvalue weighted by atomic mass is 16.5. The predicted molar refractivity (Wildman–Crippen MR) is 152 cm³/mol. The van der Waals surface area contributed by atoms with Crippen molar-refractivity contribution in [2.45, 2.75) is 25.7 Å². The van der Waals surface area contributed by atoms with E-state index in [0.29, 0.717) is 23.6 Å². The molecule has 0 saturated carbocycles. The Labute approximate surface area is 232 Å². The summed E-state index contributed by atoms with van der Waals surface area (Å²) in [4.78, 5) is 21.9. The van der Waals surface area contributed by atoms with Crippen molar-refractivity contribution in [3.8, 4) is 28.1 Å². The number of benzene rings is 2. The van der Waals surface area contributed by atoms with Gasteiger partial charge in [-0.05, 0) is 41.7 Å². The molecule has 1 aliphatic rings. The second-order valence-corrected chi connectivity index (χ2v) is 10.1. The van der Waals surface area contributed by atoms with Crippen LogP contribution >= 0.6 is 0 Å². The highest BCUT2D eigenvalue weighted by molar-refractivity contribution is 5.94. The average Bonchev–Trinajstić information content (AvgIpc) is 3.55. The van der Waals surface area contributed by atoms with Gasteiger partial charge in [0.1, 0.15) is 11.6 Å². The van der Waals surface area contributed by atoms with Gasteiger partial charge in [0.05, 0.1) is 30.4 Å². The number of aromatic nitrogens is 6. The lowest BCUT2D eigenvalue weighted by Crippen LogP contribution is -2.17. The van der Waals surface area contributed by atoms with Crippen molar-refractivity contribution < 1.29 is 9.53 Å². The minimum absolute atomic E-state index is 0.155. The highest BCUT2D eigenvalue weighted by Crippen LogP contribution is 2.36. The third-order valence-electron chi connectivity index (χ3n) is 7.48. The molecule has 202 valence electrons. The molecule has 9 heteroatoms. The van der Waals surface area contributed by atoms with E-state index in [1.165, 1.54) is 5.56 Å². The summed E-state index contributed by atoms with van der Waals surface area (Å²) in [6.45, 7) is 0. The molecule has 0 saturated heterocycles. The number of carbonyl (C=O) groups excluding carboxylic acids is 1. The number of hydrogen-bond acceptors (Lipinski definition) is 6. The van der Waals surface area contributed by atoms with Crippen molar-refractivity contribution in [2.75, 3.05) is 14.2 Å². The number of hydrogen-bond donors (Lipinski definition) is 1. The first-order valence-electron chi connectivity index (χ1n) is 13.3. The summed E-state index contributed by atoms with van der Waals surface area (Å²) in [5.41, 5.74) is 10.3. The van der Waals surface area contributed by atoms with Gasteiger partial charge in [0, 0.05) is 68.6 Å². The number of carbonyl (C=O) groups is 1. The number of nitrogens with zero attached hydrogens (tertiary/aromatic N) is 6. The molecule has 0 bridgehead atoms. The van der Waals surface area contributed by atoms with Gasteiger partial charge in [-0.3, -0.25) is 14.2 Å². The van der Waals surface area contributed by atoms with Crippen LogP contribution in [0.3, 0.4) is 0 Å². The maximum Gasteiger partial charge on any atom is 0.251 e. The predicted octanol–water partition coefficient (Wildman–Crippen LogP) is 3.93. The normalized spacial score (nSPS) is 12.1. The summed E-state index contributed by atoms with van der Waals surface area (Å²) in [7, 11) is 7.16. The maximum atomic E-state index is 12.1. The Kier molecular flexibility index (Phi) is 6.63. The van der Waals surface area contributed by atoms with E-state index in [-0.39, 0.29) is 5.91 Å². The van der Waals surface area contributed by atoms with Gasteiger partial charge in [-0.25, -0.2) is 9.97 Å². The Morgan fingerprint density at radius 3 is 2.70 bits per heavy atom. The zero-order chi connectivity index (χ0) is 27.8. The summed E-state index contributed by atoms with van der Waals surface area (Å²) in [5.74, 6) is 1.18. The summed E-state index contributed by atoms with van der Waals surface area (Å²) in [6, 6.07) is 14.0. The third-order valence-corrected chi connectivity index (χ3v) is 7.48. The molecule has 0 radical (unpaired) electrons. The molecule has 1 N–H and O–H groups in total. The number of fused-ring (bicyclic) bond motifs is 3. The molecular weight excluding hydrogens is 502 g/mol. The van der Waals surface area contributed by atoms with Crippen LogP contribution in [0.2, 0.25) is 0 Å². The minimum atomic E-state index is -0.155. The number of ether oxygens (including phenoxy) is 1. The van der Waals surface area contributed by atoms with Gasteiger partial charge in [-0.15, -0.1) is 0 Å². The molecule has 6 rings (SSSR count). The van der Waals surface area contributed by atoms with E-state index in [1.54, 1.807) is 26.3 Å². The molecule has 3 aromatic heterocycles. The first-order chi connectivity index (χ1) is 19.4. The lowest BCUT2D eigenvalue weighted by molar-refractivity contribution is 0.0962. The van der Waals surface area contributed by atoms with Crippen LogP contribution in [0.25, 0.3) is 22.4 Å². The molecule has 5 aromatic rings. The number of rotatable bonds is 7. The molecule has 1 amide bonds. The van der Waals surface area contributed by atoms with Crippen LogP contribution in [0, 0.1) is 0 Å². The summed E-state index contributed by atoms with van der Waals surface area (Å²) in [5, 5.41) is 11.9. The second kappa shape index (κ2) is 10.4. The highest BCUT2D eigenvalue weighted by Gasteiger charge is 2.26. The fourth-order valence-electron chi connectivity index (χ4n) is 5.42. The van der Waals surface area contributed by atoms with Crippen molar-refractivity contribution in [1.82, 2.24) is 34.8 Å². The maximum absolute atomic E-state index is 12.1. The first kappa shape index (κ1) is 25.5. The molecule has 3 heterocycles. The summed E-state index contributed by atoms with van der Waals surface area (Å²) in [6.07, 6.45) is 8.82. The molecule has 0 aliphatic heterocycles. The van der Waals surface area contributed by atoms with Crippen molar-refractivity contribution in [3.63, 3.8) is 0 Å². The minimum Gasteiger partial charge on any atom is -0.496 e. The lowest BCUT2D eigenvalue weighted by atomic mass is 9.91. The van der Waals surface area contributed by atoms with Gasteiger partial charge in [0.15, 0.2) is 0 Å². The van der Waals surface area contributed by atoms with Gasteiger partial charge in [-0.2, -0.15) is 10.2 Å². The van der Waals surface area contributed by atoms with Crippen LogP contribution in [-0.4, -0.2) is 49.6 Å². The molecule has 2 aromatic carbocycles. The largest absolute Gasteiger partial charge is 0.496 e. The Hall–Kier alpha value is -4.79. The van der Waals surface area contributed by atoms with Crippen LogP contribution in [0.5, 0.6) is 5.75 Å². The molecule has 40 heavy (non-hydrogen) atoms. The Morgan fingerprint density at radius 2 is 1.93 bits per heavy atom. The quantitative estimate of drug-likeness (QED) is 0.340. The van der Waals surface area contributed by atoms with Crippen LogP contribution in [0.4, 0.5) is 0 Å². The SMILES string of the molecule is CNC(=O)c1ccc(Cc2ncc3c(n2)-c2c(nn(C)c2Cc2cccc(-c4cnn(C)c4)c2)CC3)c(OC)c1. The summed E-state index contributed by atoms with van der Waals surface area (Å²) >= 11 is 0. The van der Waals surface area contributed by atoms with E-state index in [1.807, 2.05) is 48.1 Å². The van der Waals surface area contributed by atoms with Gasteiger partial charge < -0.3 is 10.1 Å². The van der Waals surface area contributed by atoms with Crippen LogP contribution in [0.15, 0.2) is 61.1 Å². The topological polar surface area (TPSA) is 99.8 Å². The van der Waals surface area contributed by atoms with Gasteiger partial charge in [-0.1, -0.05) is 30.3 Å². The monoisotopic (exact) mass is 533 g/mol. The average molecular weight is 534 g/mol. The Bertz CT molecular complexity index is 1730. The Balaban J connectivity index is 1.34. The molecule has 1 aliphatic carbocycles. The van der Waals surface area contributed by atoms with Crippen molar-refractivity contribution in [3.05, 3.63) is 101 Å². The first-order valence-corrected chi connectivity index (χ1v) is 13.3. The molecule has 0 unspecified atom stereocenters. The van der Waals surface area contributed by atoms with E-state index in [9.17, 15) is 4.79 Å². The molecule has 0 atom stereocenters. The van der Waals surface area contributed by atoms with E-state index in [2.05, 4.69) is 34.7 Å². The third kappa shape index (κ3) is 4.75. The molecule has 0 fully saturated rings. The van der Waals surface area contributed by atoms with Crippen LogP contribution in [-0.2, 0) is 39.8 Å². The Morgan fingerprint density at radius 1 is 1.05 bits per heavy atom. The number of amides is 1. The number of nitrogens with one attached hydrogen (secondary N) is 1. The van der Waals surface area contributed by atoms with E-state index >= 15 is 0 Å². The van der Waals surface area contributed by atoms with E-state index < -0.39 is 0 Å². The standard InChI is InChI=1S/C31H31N7O2/c1-32-31(39)22-9-8-21(27(14-22)40-4)15-28-33-16-23-10-11-25-29(30(23)35-28)26(38(3)36-25)13-19-6-5-7-20(12-19)24-17-34-37(2)18-24/h5-9,12,14,16-18H,10-11,13,15H2,1-4H3,(H,32,39). The molecule has 0 spiro atoms. The lowest BCUT2D eigenvalue weighted by Gasteiger charge is -2.17. The van der Waals surface area contributed by atoms with Crippen LogP contribution < -0.4 is 10.1 Å². The number of aryl methyl sites for hydroxylation is 4. The fraction of sp³-hybridized carbons (Fsp3) is 0.258. The van der Waals surface area contributed by atoms with E-state index in [0.717, 1.165) is 64.2 Å². The molecular formula is C31H31N7O2. The zero-order valence-electron chi connectivity index (χ0n) is 23.1. The van der Waals surface area contributed by atoms with Crippen LogP contribution in [0.1, 0.15) is 44.3 Å². The van der Waals surface area contributed by atoms with Gasteiger partial charge in [0.25, 0.3) is 5.91 Å². The van der Waals surface area contributed by atoms with Gasteiger partial charge in [0.2, 0.25) is 0 Å². The van der Waals surface area contributed by atoms with Gasteiger partial charge >= 0.3 is 0 Å². The van der Waals surface area contributed by atoms with Crippen molar-refractivity contribution >= 4 is 5.91 Å². The number of methoxy groups -OCH3 is 1. The molecule has 9 nitrogen and oxygen atoms in total. The second-order valence-electron chi connectivity index (χ2n) is 10.1. The van der Waals surface area contributed by atoms with Crippen molar-refractivity contribution in [2.24, 2.45) is 14.1 Å².